The van der Waals surface area contributed by atoms with E-state index in [-0.39, 0.29) is 12.2 Å². The number of fused-ring (bicyclic) bond motifs is 1. The maximum atomic E-state index is 13.3. The second-order valence-electron chi connectivity index (χ2n) is 7.76. The molecule has 0 aliphatic carbocycles. The van der Waals surface area contributed by atoms with Gasteiger partial charge in [-0.2, -0.15) is 0 Å². The zero-order chi connectivity index (χ0) is 20.4. The van der Waals surface area contributed by atoms with Gasteiger partial charge >= 0.3 is 0 Å². The van der Waals surface area contributed by atoms with Gasteiger partial charge in [0.1, 0.15) is 5.75 Å². The maximum Gasteiger partial charge on any atom is 0.265 e. The molecule has 0 bridgehead atoms. The zero-order valence-electron chi connectivity index (χ0n) is 16.6. The van der Waals surface area contributed by atoms with Gasteiger partial charge in [0.05, 0.1) is 25.9 Å². The van der Waals surface area contributed by atoms with Gasteiger partial charge < -0.3 is 9.84 Å². The third kappa shape index (κ3) is 3.66. The Morgan fingerprint density at radius 1 is 1.10 bits per heavy atom. The average Bonchev–Trinajstić information content (AvgIpc) is 2.96. The van der Waals surface area contributed by atoms with Crippen LogP contribution < -0.4 is 9.64 Å². The van der Waals surface area contributed by atoms with Gasteiger partial charge in [-0.25, -0.2) is 0 Å². The number of benzene rings is 2. The molecule has 2 heterocycles. The lowest BCUT2D eigenvalue weighted by Gasteiger charge is -2.31. The Bertz CT molecular complexity index is 923. The molecule has 6 nitrogen and oxygen atoms in total. The van der Waals surface area contributed by atoms with Gasteiger partial charge in [0.25, 0.3) is 5.91 Å². The summed E-state index contributed by atoms with van der Waals surface area (Å²) in [4.78, 5) is 30.1. The van der Waals surface area contributed by atoms with E-state index >= 15 is 0 Å². The van der Waals surface area contributed by atoms with Crippen molar-refractivity contribution in [2.45, 2.75) is 31.3 Å². The van der Waals surface area contributed by atoms with Crippen molar-refractivity contribution in [2.75, 3.05) is 31.8 Å². The number of ketones is 1. The van der Waals surface area contributed by atoms with Crippen molar-refractivity contribution in [1.29, 1.82) is 0 Å². The van der Waals surface area contributed by atoms with Gasteiger partial charge in [-0.1, -0.05) is 36.8 Å². The molecule has 6 heteroatoms. The molecule has 0 spiro atoms. The van der Waals surface area contributed by atoms with Crippen LogP contribution in [-0.2, 0) is 10.4 Å². The van der Waals surface area contributed by atoms with Crippen molar-refractivity contribution in [3.63, 3.8) is 0 Å². The Balaban J connectivity index is 1.61. The van der Waals surface area contributed by atoms with Crippen LogP contribution in [0.5, 0.6) is 5.75 Å². The highest BCUT2D eigenvalue weighted by molar-refractivity contribution is 6.10. The second-order valence-corrected chi connectivity index (χ2v) is 7.76. The number of hydrogen-bond donors (Lipinski definition) is 1. The molecular weight excluding hydrogens is 368 g/mol. The van der Waals surface area contributed by atoms with Crippen LogP contribution in [0.3, 0.4) is 0 Å². The van der Waals surface area contributed by atoms with E-state index in [1.807, 2.05) is 12.1 Å². The van der Waals surface area contributed by atoms with E-state index in [4.69, 9.17) is 4.74 Å². The number of carbonyl (C=O) groups excluding carboxylic acids is 2. The van der Waals surface area contributed by atoms with Crippen LogP contribution in [-0.4, -0.2) is 48.6 Å². The van der Waals surface area contributed by atoms with Gasteiger partial charge in [-0.05, 0) is 44.1 Å². The van der Waals surface area contributed by atoms with Gasteiger partial charge in [-0.15, -0.1) is 0 Å². The number of para-hydroxylation sites is 1. The lowest BCUT2D eigenvalue weighted by Crippen LogP contribution is -2.47. The predicted molar refractivity (Wildman–Crippen MR) is 110 cm³/mol. The van der Waals surface area contributed by atoms with E-state index < -0.39 is 11.5 Å². The van der Waals surface area contributed by atoms with Crippen molar-refractivity contribution in [1.82, 2.24) is 4.90 Å². The summed E-state index contributed by atoms with van der Waals surface area (Å²) in [6.45, 7) is 2.31. The number of rotatable bonds is 6. The van der Waals surface area contributed by atoms with Gasteiger partial charge in [-0.3, -0.25) is 19.4 Å². The number of likely N-dealkylation sites (tertiary alicyclic amines) is 1. The van der Waals surface area contributed by atoms with Crippen LogP contribution in [0.4, 0.5) is 5.69 Å². The lowest BCUT2D eigenvalue weighted by molar-refractivity contribution is -0.136. The summed E-state index contributed by atoms with van der Waals surface area (Å²) in [5.41, 5.74) is -0.258. The second kappa shape index (κ2) is 7.97. The van der Waals surface area contributed by atoms with E-state index in [2.05, 4.69) is 4.90 Å². The standard InChI is InChI=1S/C23H26N2O4/c1-29-18-9-7-8-17(14-18)21(26)15-23(28)19-10-3-4-11-20(19)25(22(23)27)16-24-12-5-2-6-13-24/h3-4,7-11,14,28H,2,5-6,12-13,15-16H2,1H3/t23-/m1/s1. The molecule has 0 saturated carbocycles. The van der Waals surface area contributed by atoms with Gasteiger partial charge in [0, 0.05) is 11.1 Å². The van der Waals surface area contributed by atoms with Gasteiger partial charge in [0.15, 0.2) is 11.4 Å². The Morgan fingerprint density at radius 2 is 1.86 bits per heavy atom. The highest BCUT2D eigenvalue weighted by Gasteiger charge is 2.51. The van der Waals surface area contributed by atoms with E-state index in [9.17, 15) is 14.7 Å². The number of Topliss-reactive ketones (excluding diaryl/α,β-unsaturated/α-hetero) is 1. The van der Waals surface area contributed by atoms with E-state index in [0.29, 0.717) is 29.2 Å². The molecule has 1 amide bonds. The molecule has 2 aliphatic rings. The van der Waals surface area contributed by atoms with Crippen molar-refractivity contribution < 1.29 is 19.4 Å². The average molecular weight is 394 g/mol. The first-order chi connectivity index (χ1) is 14.0. The minimum absolute atomic E-state index is 0.297. The molecule has 1 N–H and O–H groups in total. The van der Waals surface area contributed by atoms with Crippen LogP contribution in [0.15, 0.2) is 48.5 Å². The molecule has 29 heavy (non-hydrogen) atoms. The van der Waals surface area contributed by atoms with E-state index in [1.54, 1.807) is 41.3 Å². The highest BCUT2D eigenvalue weighted by Crippen LogP contribution is 2.43. The summed E-state index contributed by atoms with van der Waals surface area (Å²) >= 11 is 0. The first kappa shape index (κ1) is 19.6. The molecule has 1 atom stereocenters. The molecule has 0 aromatic heterocycles. The molecular formula is C23H26N2O4. The number of carbonyl (C=O) groups is 2. The van der Waals surface area contributed by atoms with Crippen LogP contribution in [0.2, 0.25) is 0 Å². The Kier molecular flexibility index (Phi) is 5.39. The van der Waals surface area contributed by atoms with Gasteiger partial charge in [0.2, 0.25) is 0 Å². The number of anilines is 1. The van der Waals surface area contributed by atoms with E-state index in [0.717, 1.165) is 25.9 Å². The Labute approximate surface area is 170 Å². The van der Waals surface area contributed by atoms with Crippen molar-refractivity contribution in [3.05, 3.63) is 59.7 Å². The fraction of sp³-hybridized carbons (Fsp3) is 0.391. The fourth-order valence-electron chi connectivity index (χ4n) is 4.25. The summed E-state index contributed by atoms with van der Waals surface area (Å²) in [5.74, 6) is -0.164. The molecule has 2 aromatic rings. The SMILES string of the molecule is COc1cccc(C(=O)C[C@]2(O)C(=O)N(CN3CCCCC3)c3ccccc32)c1. The monoisotopic (exact) mass is 394 g/mol. The summed E-state index contributed by atoms with van der Waals surface area (Å²) in [6.07, 6.45) is 3.14. The van der Waals surface area contributed by atoms with E-state index in [1.165, 1.54) is 13.5 Å². The van der Waals surface area contributed by atoms with Crippen LogP contribution in [0, 0.1) is 0 Å². The maximum absolute atomic E-state index is 13.3. The molecule has 152 valence electrons. The molecule has 4 rings (SSSR count). The van der Waals surface area contributed by atoms with Crippen molar-refractivity contribution in [3.8, 4) is 5.75 Å². The van der Waals surface area contributed by atoms with Crippen molar-refractivity contribution >= 4 is 17.4 Å². The normalized spacial score (nSPS) is 21.9. The highest BCUT2D eigenvalue weighted by atomic mass is 16.5. The minimum atomic E-state index is -1.85. The third-order valence-electron chi connectivity index (χ3n) is 5.84. The largest absolute Gasteiger partial charge is 0.497 e. The summed E-state index contributed by atoms with van der Waals surface area (Å²) in [5, 5.41) is 11.4. The topological polar surface area (TPSA) is 70.1 Å². The summed E-state index contributed by atoms with van der Waals surface area (Å²) in [7, 11) is 1.53. The number of ether oxygens (including phenoxy) is 1. The number of piperidine rings is 1. The first-order valence-electron chi connectivity index (χ1n) is 10.1. The van der Waals surface area contributed by atoms with Crippen LogP contribution >= 0.6 is 0 Å². The minimum Gasteiger partial charge on any atom is -0.497 e. The first-order valence-corrected chi connectivity index (χ1v) is 10.1. The molecule has 2 aliphatic heterocycles. The molecule has 2 aromatic carbocycles. The number of amides is 1. The third-order valence-corrected chi connectivity index (χ3v) is 5.84. The quantitative estimate of drug-likeness (QED) is 0.763. The molecule has 0 unspecified atom stereocenters. The number of aliphatic hydroxyl groups is 1. The smallest absolute Gasteiger partial charge is 0.265 e. The summed E-state index contributed by atoms with van der Waals surface area (Å²) in [6, 6.07) is 14.0. The Morgan fingerprint density at radius 3 is 2.62 bits per heavy atom. The van der Waals surface area contributed by atoms with Crippen molar-refractivity contribution in [2.24, 2.45) is 0 Å². The number of hydrogen-bond acceptors (Lipinski definition) is 5. The molecule has 0 radical (unpaired) electrons. The summed E-state index contributed by atoms with van der Waals surface area (Å²) < 4.78 is 5.18. The van der Waals surface area contributed by atoms with Crippen LogP contribution in [0.1, 0.15) is 41.6 Å². The fourth-order valence-corrected chi connectivity index (χ4v) is 4.25. The Hall–Kier alpha value is -2.70. The number of nitrogens with zero attached hydrogens (tertiary/aromatic N) is 2. The molecule has 1 fully saturated rings. The molecule has 1 saturated heterocycles. The lowest BCUT2D eigenvalue weighted by atomic mass is 9.88. The predicted octanol–water partition coefficient (Wildman–Crippen LogP) is 2.95. The van der Waals surface area contributed by atoms with Crippen LogP contribution in [0.25, 0.3) is 0 Å². The number of methoxy groups -OCH3 is 1. The zero-order valence-corrected chi connectivity index (χ0v) is 16.6.